The fourth-order valence-electron chi connectivity index (χ4n) is 4.45. The molecule has 1 aromatic carbocycles. The molecule has 0 amide bonds. The van der Waals surface area contributed by atoms with Crippen LogP contribution in [0.1, 0.15) is 91.7 Å². The van der Waals surface area contributed by atoms with Gasteiger partial charge in [-0.15, -0.1) is 0 Å². The van der Waals surface area contributed by atoms with Crippen molar-refractivity contribution in [2.45, 2.75) is 80.6 Å². The summed E-state index contributed by atoms with van der Waals surface area (Å²) in [4.78, 5) is 5.09. The van der Waals surface area contributed by atoms with Crippen molar-refractivity contribution < 1.29 is 0 Å². The van der Waals surface area contributed by atoms with E-state index in [1.54, 1.807) is 0 Å². The molecular weight excluding hydrogens is 364 g/mol. The third-order valence-corrected chi connectivity index (χ3v) is 6.18. The van der Waals surface area contributed by atoms with Crippen molar-refractivity contribution in [3.8, 4) is 0 Å². The number of nitrogens with zero attached hydrogens (tertiary/aromatic N) is 1. The molecule has 2 heteroatoms. The van der Waals surface area contributed by atoms with E-state index in [1.807, 2.05) is 0 Å². The lowest BCUT2D eigenvalue weighted by Gasteiger charge is -2.31. The second kappa shape index (κ2) is 10.3. The molecule has 164 valence electrons. The van der Waals surface area contributed by atoms with Gasteiger partial charge in [0.1, 0.15) is 0 Å². The van der Waals surface area contributed by atoms with Crippen LogP contribution in [0.25, 0.3) is 0 Å². The normalized spacial score (nSPS) is 19.3. The minimum absolute atomic E-state index is 0.249. The molecule has 0 radical (unpaired) electrons. The molecule has 0 bridgehead atoms. The van der Waals surface area contributed by atoms with Gasteiger partial charge in [-0.2, -0.15) is 0 Å². The van der Waals surface area contributed by atoms with E-state index in [1.165, 1.54) is 27.8 Å². The molecule has 1 aliphatic rings. The Morgan fingerprint density at radius 2 is 1.50 bits per heavy atom. The molecule has 0 aliphatic heterocycles. The van der Waals surface area contributed by atoms with Crippen LogP contribution in [0, 0.1) is 17.8 Å². The van der Waals surface area contributed by atoms with Crippen molar-refractivity contribution in [1.29, 1.82) is 0 Å². The number of allylic oxidation sites excluding steroid dienone is 5. The van der Waals surface area contributed by atoms with Gasteiger partial charge in [-0.05, 0) is 57.9 Å². The molecule has 30 heavy (non-hydrogen) atoms. The van der Waals surface area contributed by atoms with Crippen LogP contribution < -0.4 is 5.73 Å². The molecule has 0 spiro atoms. The van der Waals surface area contributed by atoms with Gasteiger partial charge in [0.25, 0.3) is 0 Å². The molecule has 2 N–H and O–H groups in total. The Morgan fingerprint density at radius 1 is 0.933 bits per heavy atom. The lowest BCUT2D eigenvalue weighted by molar-refractivity contribution is 0.491. The zero-order chi connectivity index (χ0) is 22.6. The van der Waals surface area contributed by atoms with E-state index in [9.17, 15) is 0 Å². The highest BCUT2D eigenvalue weighted by Crippen LogP contribution is 2.38. The SMILES string of the molecule is CC/C(C=Nc1c(C(C)C)cccc1C(C)C)=C1/C=CC(C(C)C)=C(N)C1C(C)C. The van der Waals surface area contributed by atoms with Crippen LogP contribution >= 0.6 is 0 Å². The summed E-state index contributed by atoms with van der Waals surface area (Å²) in [5, 5.41) is 0. The summed E-state index contributed by atoms with van der Waals surface area (Å²) in [6, 6.07) is 6.60. The van der Waals surface area contributed by atoms with Gasteiger partial charge in [-0.25, -0.2) is 0 Å². The van der Waals surface area contributed by atoms with Crippen LogP contribution in [0.4, 0.5) is 5.69 Å². The average Bonchev–Trinajstić information content (AvgIpc) is 2.67. The maximum atomic E-state index is 6.69. The largest absolute Gasteiger partial charge is 0.401 e. The van der Waals surface area contributed by atoms with E-state index in [0.717, 1.165) is 17.8 Å². The number of nitrogens with two attached hydrogens (primary N) is 1. The molecule has 0 heterocycles. The van der Waals surface area contributed by atoms with Crippen molar-refractivity contribution >= 4 is 11.9 Å². The van der Waals surface area contributed by atoms with Gasteiger partial charge < -0.3 is 5.73 Å². The highest BCUT2D eigenvalue weighted by atomic mass is 14.7. The first kappa shape index (κ1) is 24.2. The van der Waals surface area contributed by atoms with Gasteiger partial charge in [0.2, 0.25) is 0 Å². The van der Waals surface area contributed by atoms with E-state index in [-0.39, 0.29) is 5.92 Å². The fraction of sp³-hybridized carbons (Fsp3) is 0.536. The first-order chi connectivity index (χ1) is 14.1. The molecule has 0 fully saturated rings. The summed E-state index contributed by atoms with van der Waals surface area (Å²) in [7, 11) is 0. The van der Waals surface area contributed by atoms with Gasteiger partial charge in [0.05, 0.1) is 5.69 Å². The van der Waals surface area contributed by atoms with E-state index < -0.39 is 0 Å². The Labute approximate surface area is 185 Å². The summed E-state index contributed by atoms with van der Waals surface area (Å²) in [6.45, 7) is 20.2. The van der Waals surface area contributed by atoms with E-state index >= 15 is 0 Å². The molecule has 0 aromatic heterocycles. The third kappa shape index (κ3) is 5.14. The summed E-state index contributed by atoms with van der Waals surface area (Å²) in [5.41, 5.74) is 15.4. The standard InChI is InChI=1S/C28H42N2/c1-10-21(25-15-14-22(17(2)3)27(29)26(25)20(8)9)16-30-28-23(18(4)5)12-11-13-24(28)19(6)7/h11-20,26H,10,29H2,1-9H3/b25-21+,30-16?. The first-order valence-corrected chi connectivity index (χ1v) is 11.7. The van der Waals surface area contributed by atoms with E-state index in [2.05, 4.69) is 98.9 Å². The summed E-state index contributed by atoms with van der Waals surface area (Å²) < 4.78 is 0. The topological polar surface area (TPSA) is 38.4 Å². The van der Waals surface area contributed by atoms with Crippen LogP contribution in [-0.2, 0) is 0 Å². The van der Waals surface area contributed by atoms with Crippen molar-refractivity contribution in [3.63, 3.8) is 0 Å². The van der Waals surface area contributed by atoms with Gasteiger partial charge in [0, 0.05) is 17.8 Å². The Hall–Kier alpha value is -2.09. The molecule has 0 saturated heterocycles. The predicted molar refractivity (Wildman–Crippen MR) is 134 cm³/mol. The summed E-state index contributed by atoms with van der Waals surface area (Å²) in [5.74, 6) is 2.02. The lowest BCUT2D eigenvalue weighted by Crippen LogP contribution is -2.25. The number of aliphatic imine (C=N–C) groups is 1. The zero-order valence-electron chi connectivity index (χ0n) is 20.6. The lowest BCUT2D eigenvalue weighted by atomic mass is 9.76. The van der Waals surface area contributed by atoms with Crippen LogP contribution in [0.5, 0.6) is 0 Å². The highest BCUT2D eigenvalue weighted by molar-refractivity contribution is 5.84. The third-order valence-electron chi connectivity index (χ3n) is 6.18. The van der Waals surface area contributed by atoms with E-state index in [4.69, 9.17) is 10.7 Å². The number of para-hydroxylation sites is 1. The molecule has 0 saturated carbocycles. The van der Waals surface area contributed by atoms with E-state index in [0.29, 0.717) is 23.7 Å². The number of hydrogen-bond donors (Lipinski definition) is 1. The molecule has 2 rings (SSSR count). The fourth-order valence-corrected chi connectivity index (χ4v) is 4.45. The number of benzene rings is 1. The molecular formula is C28H42N2. The second-order valence-electron chi connectivity index (χ2n) is 9.81. The van der Waals surface area contributed by atoms with Crippen LogP contribution in [-0.4, -0.2) is 6.21 Å². The quantitative estimate of drug-likeness (QED) is 0.457. The maximum Gasteiger partial charge on any atom is 0.0698 e. The summed E-state index contributed by atoms with van der Waals surface area (Å²) >= 11 is 0. The second-order valence-corrected chi connectivity index (χ2v) is 9.81. The molecule has 2 nitrogen and oxygen atoms in total. The van der Waals surface area contributed by atoms with Gasteiger partial charge in [-0.3, -0.25) is 4.99 Å². The Balaban J connectivity index is 2.60. The molecule has 1 atom stereocenters. The predicted octanol–water partition coefficient (Wildman–Crippen LogP) is 8.05. The van der Waals surface area contributed by atoms with Crippen LogP contribution in [0.3, 0.4) is 0 Å². The Bertz CT molecular complexity index is 834. The Morgan fingerprint density at radius 3 is 1.93 bits per heavy atom. The molecule has 1 unspecified atom stereocenters. The van der Waals surface area contributed by atoms with Gasteiger partial charge in [0.15, 0.2) is 0 Å². The average molecular weight is 407 g/mol. The smallest absolute Gasteiger partial charge is 0.0698 e. The molecule has 1 aliphatic carbocycles. The van der Waals surface area contributed by atoms with Crippen molar-refractivity contribution in [3.05, 3.63) is 63.9 Å². The van der Waals surface area contributed by atoms with Gasteiger partial charge >= 0.3 is 0 Å². The van der Waals surface area contributed by atoms with Crippen molar-refractivity contribution in [2.75, 3.05) is 0 Å². The number of rotatable bonds is 7. The number of hydrogen-bond acceptors (Lipinski definition) is 2. The first-order valence-electron chi connectivity index (χ1n) is 11.7. The van der Waals surface area contributed by atoms with Crippen LogP contribution in [0.2, 0.25) is 0 Å². The monoisotopic (exact) mass is 406 g/mol. The van der Waals surface area contributed by atoms with Crippen LogP contribution in [0.15, 0.2) is 57.8 Å². The minimum Gasteiger partial charge on any atom is -0.401 e. The van der Waals surface area contributed by atoms with Crippen molar-refractivity contribution in [1.82, 2.24) is 0 Å². The summed E-state index contributed by atoms with van der Waals surface area (Å²) in [6.07, 6.45) is 7.56. The zero-order valence-corrected chi connectivity index (χ0v) is 20.6. The maximum absolute atomic E-state index is 6.69. The Kier molecular flexibility index (Phi) is 8.29. The van der Waals surface area contributed by atoms with Crippen molar-refractivity contribution in [2.24, 2.45) is 28.5 Å². The minimum atomic E-state index is 0.249. The highest BCUT2D eigenvalue weighted by Gasteiger charge is 2.27. The molecule has 1 aromatic rings. The van der Waals surface area contributed by atoms with Gasteiger partial charge in [-0.1, -0.05) is 92.7 Å².